The highest BCUT2D eigenvalue weighted by atomic mass is 32.1. The van der Waals surface area contributed by atoms with Crippen molar-refractivity contribution >= 4 is 17.2 Å². The predicted octanol–water partition coefficient (Wildman–Crippen LogP) is 2.83. The molecule has 0 bridgehead atoms. The first kappa shape index (κ1) is 16.0. The zero-order valence-corrected chi connectivity index (χ0v) is 14.7. The quantitative estimate of drug-likeness (QED) is 0.707. The fourth-order valence-corrected chi connectivity index (χ4v) is 3.72. The molecule has 0 N–H and O–H groups in total. The molecule has 1 fully saturated rings. The summed E-state index contributed by atoms with van der Waals surface area (Å²) in [5.41, 5.74) is 0.867. The second kappa shape index (κ2) is 7.14. The predicted molar refractivity (Wildman–Crippen MR) is 95.5 cm³/mol. The van der Waals surface area contributed by atoms with Crippen molar-refractivity contribution in [2.24, 2.45) is 0 Å². The van der Waals surface area contributed by atoms with E-state index >= 15 is 0 Å². The van der Waals surface area contributed by atoms with E-state index in [-0.39, 0.29) is 5.91 Å². The molecule has 1 saturated heterocycles. The molecule has 0 radical (unpaired) electrons. The minimum absolute atomic E-state index is 0.201. The number of nitrogens with zero attached hydrogens (tertiary/aromatic N) is 5. The molecule has 25 heavy (non-hydrogen) atoms. The zero-order chi connectivity index (χ0) is 17.1. The van der Waals surface area contributed by atoms with Crippen LogP contribution in [0.4, 0.5) is 0 Å². The molecule has 1 amide bonds. The highest BCUT2D eigenvalue weighted by Crippen LogP contribution is 2.18. The molecule has 0 aliphatic carbocycles. The van der Waals surface area contributed by atoms with Gasteiger partial charge in [-0.15, -0.1) is 11.3 Å². The van der Waals surface area contributed by atoms with Crippen molar-refractivity contribution in [2.45, 2.75) is 32.2 Å². The minimum Gasteiger partial charge on any atom is -0.335 e. The van der Waals surface area contributed by atoms with Crippen LogP contribution in [0.2, 0.25) is 0 Å². The summed E-state index contributed by atoms with van der Waals surface area (Å²) in [5.74, 6) is 1.76. The number of piperidine rings is 1. The van der Waals surface area contributed by atoms with Crippen LogP contribution in [-0.4, -0.2) is 37.1 Å². The number of carbonyl (C=O) groups is 1. The van der Waals surface area contributed by atoms with Gasteiger partial charge in [0.25, 0.3) is 0 Å². The molecule has 1 aliphatic rings. The van der Waals surface area contributed by atoms with E-state index in [9.17, 15) is 4.79 Å². The van der Waals surface area contributed by atoms with Gasteiger partial charge in [0.15, 0.2) is 11.6 Å². The molecule has 128 valence electrons. The van der Waals surface area contributed by atoms with Crippen LogP contribution in [0, 0.1) is 0 Å². The van der Waals surface area contributed by atoms with Crippen LogP contribution in [0.5, 0.6) is 0 Å². The summed E-state index contributed by atoms with van der Waals surface area (Å²) >= 11 is 1.70. The van der Waals surface area contributed by atoms with Gasteiger partial charge in [-0.1, -0.05) is 6.07 Å². The first-order chi connectivity index (χ1) is 12.3. The summed E-state index contributed by atoms with van der Waals surface area (Å²) in [7, 11) is 0. The Morgan fingerprint density at radius 1 is 1.20 bits per heavy atom. The van der Waals surface area contributed by atoms with Gasteiger partial charge >= 0.3 is 0 Å². The Kier molecular flexibility index (Phi) is 4.56. The molecular weight excluding hydrogens is 334 g/mol. The number of aromatic nitrogens is 4. The van der Waals surface area contributed by atoms with Crippen LogP contribution in [0.3, 0.4) is 0 Å². The van der Waals surface area contributed by atoms with E-state index in [4.69, 9.17) is 4.98 Å². The standard InChI is InChI=1S/C18H19N5OS/c24-18-7-1-2-9-22(18)13-17-20-16(11-15-6-4-10-25-15)21-23(17)14-5-3-8-19-12-14/h3-6,8,10,12H,1-2,7,9,11,13H2. The number of carbonyl (C=O) groups excluding carboxylic acids is 1. The van der Waals surface area contributed by atoms with Crippen molar-refractivity contribution in [1.82, 2.24) is 24.6 Å². The summed E-state index contributed by atoms with van der Waals surface area (Å²) in [6.07, 6.45) is 6.87. The lowest BCUT2D eigenvalue weighted by Crippen LogP contribution is -2.35. The van der Waals surface area contributed by atoms with Gasteiger partial charge in [-0.25, -0.2) is 9.67 Å². The Bertz CT molecular complexity index is 844. The third-order valence-electron chi connectivity index (χ3n) is 4.27. The van der Waals surface area contributed by atoms with Gasteiger partial charge < -0.3 is 4.90 Å². The number of hydrogen-bond acceptors (Lipinski definition) is 5. The molecule has 4 heterocycles. The monoisotopic (exact) mass is 353 g/mol. The van der Waals surface area contributed by atoms with Crippen molar-refractivity contribution < 1.29 is 4.79 Å². The number of likely N-dealkylation sites (tertiary alicyclic amines) is 1. The van der Waals surface area contributed by atoms with Crippen LogP contribution in [0.1, 0.15) is 35.8 Å². The van der Waals surface area contributed by atoms with Crippen molar-refractivity contribution in [3.63, 3.8) is 0 Å². The van der Waals surface area contributed by atoms with E-state index in [0.29, 0.717) is 19.4 Å². The summed E-state index contributed by atoms with van der Waals surface area (Å²) in [4.78, 5) is 24.2. The number of hydrogen-bond donors (Lipinski definition) is 0. The zero-order valence-electron chi connectivity index (χ0n) is 13.8. The van der Waals surface area contributed by atoms with Gasteiger partial charge in [-0.3, -0.25) is 9.78 Å². The Morgan fingerprint density at radius 2 is 2.16 bits per heavy atom. The van der Waals surface area contributed by atoms with Crippen LogP contribution in [-0.2, 0) is 17.8 Å². The maximum Gasteiger partial charge on any atom is 0.222 e. The lowest BCUT2D eigenvalue weighted by Gasteiger charge is -2.26. The fourth-order valence-electron chi connectivity index (χ4n) is 3.02. The van der Waals surface area contributed by atoms with Crippen LogP contribution in [0.15, 0.2) is 42.0 Å². The Hall–Kier alpha value is -2.54. The molecule has 4 rings (SSSR count). The molecule has 0 saturated carbocycles. The maximum absolute atomic E-state index is 12.2. The molecule has 0 spiro atoms. The van der Waals surface area contributed by atoms with Crippen LogP contribution < -0.4 is 0 Å². The largest absolute Gasteiger partial charge is 0.335 e. The number of amides is 1. The Balaban J connectivity index is 1.65. The third-order valence-corrected chi connectivity index (χ3v) is 5.15. The van der Waals surface area contributed by atoms with Crippen molar-refractivity contribution in [1.29, 1.82) is 0 Å². The van der Waals surface area contributed by atoms with Crippen molar-refractivity contribution in [3.05, 3.63) is 58.6 Å². The van der Waals surface area contributed by atoms with Crippen LogP contribution >= 0.6 is 11.3 Å². The van der Waals surface area contributed by atoms with Crippen molar-refractivity contribution in [3.8, 4) is 5.69 Å². The van der Waals surface area contributed by atoms with Gasteiger partial charge in [-0.2, -0.15) is 5.10 Å². The maximum atomic E-state index is 12.2. The second-order valence-electron chi connectivity index (χ2n) is 6.10. The summed E-state index contributed by atoms with van der Waals surface area (Å²) < 4.78 is 1.82. The van der Waals surface area contributed by atoms with Gasteiger partial charge in [0, 0.05) is 30.5 Å². The van der Waals surface area contributed by atoms with E-state index in [0.717, 1.165) is 36.7 Å². The normalized spacial score (nSPS) is 14.9. The lowest BCUT2D eigenvalue weighted by molar-refractivity contribution is -0.134. The molecule has 0 unspecified atom stereocenters. The molecular formula is C18H19N5OS. The molecule has 7 heteroatoms. The minimum atomic E-state index is 0.201. The van der Waals surface area contributed by atoms with Gasteiger partial charge in [-0.05, 0) is 36.4 Å². The molecule has 3 aromatic rings. The first-order valence-electron chi connectivity index (χ1n) is 8.45. The summed E-state index contributed by atoms with van der Waals surface area (Å²) in [6, 6.07) is 7.96. The van der Waals surface area contributed by atoms with Gasteiger partial charge in [0.1, 0.15) is 0 Å². The van der Waals surface area contributed by atoms with E-state index in [1.165, 1.54) is 4.88 Å². The van der Waals surface area contributed by atoms with E-state index in [2.05, 4.69) is 21.5 Å². The fraction of sp³-hybridized carbons (Fsp3) is 0.333. The Labute approximate surface area is 150 Å². The van der Waals surface area contributed by atoms with Crippen LogP contribution in [0.25, 0.3) is 5.69 Å². The summed E-state index contributed by atoms with van der Waals surface area (Å²) in [6.45, 7) is 1.28. The topological polar surface area (TPSA) is 63.9 Å². The first-order valence-corrected chi connectivity index (χ1v) is 9.33. The molecule has 3 aromatic heterocycles. The lowest BCUT2D eigenvalue weighted by atomic mass is 10.1. The molecule has 6 nitrogen and oxygen atoms in total. The number of pyridine rings is 1. The molecule has 0 atom stereocenters. The van der Waals surface area contributed by atoms with Gasteiger partial charge in [0.2, 0.25) is 5.91 Å². The van der Waals surface area contributed by atoms with E-state index in [1.807, 2.05) is 27.8 Å². The average Bonchev–Trinajstić information content (AvgIpc) is 3.28. The number of thiophene rings is 1. The number of rotatable bonds is 5. The third kappa shape index (κ3) is 3.61. The van der Waals surface area contributed by atoms with Crippen molar-refractivity contribution in [2.75, 3.05) is 6.54 Å². The highest BCUT2D eigenvalue weighted by molar-refractivity contribution is 7.09. The average molecular weight is 353 g/mol. The van der Waals surface area contributed by atoms with E-state index < -0.39 is 0 Å². The Morgan fingerprint density at radius 3 is 2.92 bits per heavy atom. The van der Waals surface area contributed by atoms with Gasteiger partial charge in [0.05, 0.1) is 18.4 Å². The summed E-state index contributed by atoms with van der Waals surface area (Å²) in [5, 5.41) is 6.74. The molecule has 0 aromatic carbocycles. The smallest absolute Gasteiger partial charge is 0.222 e. The SMILES string of the molecule is O=C1CCCCN1Cc1nc(Cc2cccs2)nn1-c1cccnc1. The second-order valence-corrected chi connectivity index (χ2v) is 7.13. The molecule has 1 aliphatic heterocycles. The van der Waals surface area contributed by atoms with E-state index in [1.54, 1.807) is 23.7 Å². The highest BCUT2D eigenvalue weighted by Gasteiger charge is 2.22.